The van der Waals surface area contributed by atoms with E-state index in [2.05, 4.69) is 53.6 Å². The summed E-state index contributed by atoms with van der Waals surface area (Å²) in [5.41, 5.74) is 3.51. The first-order valence-electron chi connectivity index (χ1n) is 10.3. The number of H-pyrrole nitrogens is 1. The number of methoxy groups -OCH3 is 2. The Morgan fingerprint density at radius 3 is 2.35 bits per heavy atom. The molecule has 0 spiro atoms. The third-order valence-corrected chi connectivity index (χ3v) is 6.29. The molecule has 1 unspecified atom stereocenters. The number of para-hydroxylation sites is 1. The largest absolute Gasteiger partial charge is 0.497 e. The molecule has 0 aliphatic carbocycles. The van der Waals surface area contributed by atoms with Gasteiger partial charge in [-0.2, -0.15) is 0 Å². The molecule has 6 rings (SSSR count). The lowest BCUT2D eigenvalue weighted by Gasteiger charge is -2.31. The van der Waals surface area contributed by atoms with Crippen LogP contribution in [0.3, 0.4) is 0 Å². The molecule has 0 saturated heterocycles. The summed E-state index contributed by atoms with van der Waals surface area (Å²) in [5, 5.41) is 3.27. The number of hydrogen-bond donors (Lipinski definition) is 1. The number of nitrogens with one attached hydrogen (secondary N) is 1. The van der Waals surface area contributed by atoms with Crippen molar-refractivity contribution in [2.24, 2.45) is 0 Å². The van der Waals surface area contributed by atoms with E-state index in [1.165, 1.54) is 0 Å². The third-order valence-electron chi connectivity index (χ3n) is 6.29. The van der Waals surface area contributed by atoms with Gasteiger partial charge in [-0.15, -0.1) is 0 Å². The van der Waals surface area contributed by atoms with E-state index in [-0.39, 0.29) is 0 Å². The Labute approximate surface area is 180 Å². The third kappa shape index (κ3) is 2.36. The Kier molecular flexibility index (Phi) is 3.78. The minimum Gasteiger partial charge on any atom is -0.497 e. The molecule has 1 aromatic heterocycles. The second kappa shape index (κ2) is 6.54. The lowest BCUT2D eigenvalue weighted by atomic mass is 9.79. The number of ether oxygens (including phenoxy) is 3. The predicted molar refractivity (Wildman–Crippen MR) is 122 cm³/mol. The molecule has 4 heteroatoms. The summed E-state index contributed by atoms with van der Waals surface area (Å²) < 4.78 is 18.0. The van der Waals surface area contributed by atoms with Gasteiger partial charge in [0, 0.05) is 44.6 Å². The zero-order valence-corrected chi connectivity index (χ0v) is 17.3. The highest BCUT2D eigenvalue weighted by Crippen LogP contribution is 2.54. The number of fused-ring (bicyclic) bond motifs is 1. The van der Waals surface area contributed by atoms with Crippen LogP contribution in [0.25, 0.3) is 21.7 Å². The second-order valence-corrected chi connectivity index (χ2v) is 7.75. The Morgan fingerprint density at radius 1 is 0.742 bits per heavy atom. The molecule has 0 fully saturated rings. The molecule has 1 atom stereocenters. The lowest BCUT2D eigenvalue weighted by Crippen LogP contribution is -2.32. The SMILES string of the molecule is COc1ccc(C2(c3c[nH]c4ccccc34)Oc3cccc4c(OC)ccc2c34)cc1. The molecule has 4 aromatic carbocycles. The van der Waals surface area contributed by atoms with Crippen LogP contribution in [-0.2, 0) is 5.60 Å². The van der Waals surface area contributed by atoms with Crippen molar-refractivity contribution in [3.63, 3.8) is 0 Å². The first-order chi connectivity index (χ1) is 15.3. The highest BCUT2D eigenvalue weighted by molar-refractivity contribution is 6.00. The monoisotopic (exact) mass is 407 g/mol. The van der Waals surface area contributed by atoms with Crippen molar-refractivity contribution >= 4 is 21.7 Å². The molecule has 0 bridgehead atoms. The maximum atomic E-state index is 6.91. The minimum atomic E-state index is -0.792. The summed E-state index contributed by atoms with van der Waals surface area (Å²) in [7, 11) is 3.38. The van der Waals surface area contributed by atoms with Gasteiger partial charge in [-0.05, 0) is 36.4 Å². The van der Waals surface area contributed by atoms with Crippen molar-refractivity contribution in [3.05, 3.63) is 102 Å². The standard InChI is InChI=1S/C27H21NO3/c1-29-18-12-10-17(11-13-18)27(22-16-28-23-8-4-3-6-19(22)23)21-14-15-24(30-2)20-7-5-9-25(31-27)26(20)21/h3-16,28H,1-2H3. The summed E-state index contributed by atoms with van der Waals surface area (Å²) in [5.74, 6) is 2.51. The predicted octanol–water partition coefficient (Wildman–Crippen LogP) is 6.02. The van der Waals surface area contributed by atoms with Crippen LogP contribution in [0.2, 0.25) is 0 Å². The van der Waals surface area contributed by atoms with E-state index >= 15 is 0 Å². The molecule has 2 heterocycles. The topological polar surface area (TPSA) is 43.5 Å². The fourth-order valence-corrected chi connectivity index (χ4v) is 4.88. The van der Waals surface area contributed by atoms with Gasteiger partial charge in [0.05, 0.1) is 14.2 Å². The second-order valence-electron chi connectivity index (χ2n) is 7.75. The summed E-state index contributed by atoms with van der Waals surface area (Å²) in [6, 6.07) is 26.8. The van der Waals surface area contributed by atoms with Gasteiger partial charge in [-0.25, -0.2) is 0 Å². The fourth-order valence-electron chi connectivity index (χ4n) is 4.88. The van der Waals surface area contributed by atoms with Crippen LogP contribution in [0.15, 0.2) is 85.1 Å². The molecule has 1 aliphatic heterocycles. The number of hydrogen-bond acceptors (Lipinski definition) is 3. The van der Waals surface area contributed by atoms with Gasteiger partial charge in [-0.1, -0.05) is 42.5 Å². The number of rotatable bonds is 4. The Morgan fingerprint density at radius 2 is 1.55 bits per heavy atom. The molecule has 5 aromatic rings. The van der Waals surface area contributed by atoms with Crippen LogP contribution >= 0.6 is 0 Å². The van der Waals surface area contributed by atoms with E-state index in [0.29, 0.717) is 0 Å². The van der Waals surface area contributed by atoms with Gasteiger partial charge in [0.2, 0.25) is 0 Å². The van der Waals surface area contributed by atoms with Crippen molar-refractivity contribution in [2.45, 2.75) is 5.60 Å². The van der Waals surface area contributed by atoms with Crippen molar-refractivity contribution in [1.29, 1.82) is 0 Å². The molecule has 1 N–H and O–H groups in total. The van der Waals surface area contributed by atoms with Gasteiger partial charge in [0.15, 0.2) is 5.60 Å². The Hall–Kier alpha value is -3.92. The number of aromatic nitrogens is 1. The minimum absolute atomic E-state index is 0.792. The van der Waals surface area contributed by atoms with Gasteiger partial charge in [0.1, 0.15) is 17.2 Å². The van der Waals surface area contributed by atoms with E-state index in [4.69, 9.17) is 14.2 Å². The molecule has 1 aliphatic rings. The molecular formula is C27H21NO3. The lowest BCUT2D eigenvalue weighted by molar-refractivity contribution is 0.174. The van der Waals surface area contributed by atoms with Crippen molar-refractivity contribution < 1.29 is 14.2 Å². The molecule has 0 saturated carbocycles. The van der Waals surface area contributed by atoms with Gasteiger partial charge >= 0.3 is 0 Å². The van der Waals surface area contributed by atoms with E-state index < -0.39 is 5.60 Å². The highest BCUT2D eigenvalue weighted by Gasteiger charge is 2.47. The fraction of sp³-hybridized carbons (Fsp3) is 0.111. The summed E-state index contributed by atoms with van der Waals surface area (Å²) >= 11 is 0. The molecular weight excluding hydrogens is 386 g/mol. The van der Waals surface area contributed by atoms with Crippen LogP contribution in [0.1, 0.15) is 16.7 Å². The van der Waals surface area contributed by atoms with Gasteiger partial charge < -0.3 is 19.2 Å². The summed E-state index contributed by atoms with van der Waals surface area (Å²) in [4.78, 5) is 3.43. The van der Waals surface area contributed by atoms with Gasteiger partial charge in [-0.3, -0.25) is 0 Å². The normalized spacial score (nSPS) is 17.1. The van der Waals surface area contributed by atoms with E-state index in [1.807, 2.05) is 36.4 Å². The van der Waals surface area contributed by atoms with Crippen molar-refractivity contribution in [2.75, 3.05) is 14.2 Å². The average Bonchev–Trinajstić information content (AvgIpc) is 3.41. The summed E-state index contributed by atoms with van der Waals surface area (Å²) in [6.45, 7) is 0. The molecule has 4 nitrogen and oxygen atoms in total. The van der Waals surface area contributed by atoms with Crippen LogP contribution in [-0.4, -0.2) is 19.2 Å². The molecule has 0 radical (unpaired) electrons. The quantitative estimate of drug-likeness (QED) is 0.396. The smallest absolute Gasteiger partial charge is 0.187 e. The zero-order valence-electron chi connectivity index (χ0n) is 17.3. The van der Waals surface area contributed by atoms with Crippen LogP contribution < -0.4 is 14.2 Å². The Balaban J connectivity index is 1.72. The number of aromatic amines is 1. The van der Waals surface area contributed by atoms with E-state index in [1.54, 1.807) is 14.2 Å². The van der Waals surface area contributed by atoms with E-state index in [9.17, 15) is 0 Å². The molecule has 0 amide bonds. The molecule has 152 valence electrons. The van der Waals surface area contributed by atoms with Crippen LogP contribution in [0.5, 0.6) is 17.2 Å². The maximum absolute atomic E-state index is 6.91. The van der Waals surface area contributed by atoms with Crippen molar-refractivity contribution in [3.8, 4) is 17.2 Å². The van der Waals surface area contributed by atoms with Gasteiger partial charge in [0.25, 0.3) is 0 Å². The van der Waals surface area contributed by atoms with E-state index in [0.717, 1.165) is 55.6 Å². The first kappa shape index (κ1) is 17.9. The zero-order chi connectivity index (χ0) is 21.0. The van der Waals surface area contributed by atoms with Crippen LogP contribution in [0, 0.1) is 0 Å². The Bertz CT molecular complexity index is 1430. The van der Waals surface area contributed by atoms with Crippen LogP contribution in [0.4, 0.5) is 0 Å². The average molecular weight is 407 g/mol. The maximum Gasteiger partial charge on any atom is 0.187 e. The van der Waals surface area contributed by atoms with Crippen molar-refractivity contribution in [1.82, 2.24) is 4.98 Å². The molecule has 31 heavy (non-hydrogen) atoms. The summed E-state index contributed by atoms with van der Waals surface area (Å²) in [6.07, 6.45) is 2.07. The number of benzene rings is 4. The first-order valence-corrected chi connectivity index (χ1v) is 10.3. The highest BCUT2D eigenvalue weighted by atomic mass is 16.5.